The predicted molar refractivity (Wildman–Crippen MR) is 192 cm³/mol. The maximum absolute atomic E-state index is 15.5. The predicted octanol–water partition coefficient (Wildman–Crippen LogP) is 4.31. The zero-order valence-corrected chi connectivity index (χ0v) is 30.0. The van der Waals surface area contributed by atoms with Crippen LogP contribution in [0.2, 0.25) is 0 Å². The molecule has 0 amide bonds. The van der Waals surface area contributed by atoms with Crippen LogP contribution in [0, 0.1) is 25.5 Å². The number of aryl methyl sites for hydroxylation is 2. The molecule has 19 heteroatoms. The first-order valence-electron chi connectivity index (χ1n) is 15.6. The van der Waals surface area contributed by atoms with Crippen molar-refractivity contribution in [2.24, 2.45) is 0 Å². The van der Waals surface area contributed by atoms with E-state index in [0.717, 1.165) is 24.3 Å². The third kappa shape index (κ3) is 8.02. The minimum atomic E-state index is -3.83. The zero-order chi connectivity index (χ0) is 38.2. The number of fused-ring (bicyclic) bond motifs is 2. The van der Waals surface area contributed by atoms with Gasteiger partial charge in [0.25, 0.3) is 20.4 Å². The Bertz CT molecular complexity index is 2590. The average molecular weight is 769 g/mol. The fraction of sp³-hybridized carbons (Fsp3) is 0.176. The molecular formula is C34H30F2N6O9S2. The molecule has 0 saturated heterocycles. The minimum Gasteiger partial charge on any atom is -0.451 e. The van der Waals surface area contributed by atoms with Gasteiger partial charge in [-0.25, -0.2) is 37.8 Å². The lowest BCUT2D eigenvalue weighted by Crippen LogP contribution is -2.27. The molecule has 0 spiro atoms. The number of aromatic nitrogens is 2. The molecule has 4 aromatic heterocycles. The van der Waals surface area contributed by atoms with Crippen molar-refractivity contribution in [2.45, 2.75) is 26.7 Å². The Balaban J connectivity index is 1.28. The number of hydrogen-bond acceptors (Lipinski definition) is 11. The highest BCUT2D eigenvalue weighted by Gasteiger charge is 2.21. The van der Waals surface area contributed by atoms with Crippen molar-refractivity contribution in [1.82, 2.24) is 19.4 Å². The normalized spacial score (nSPS) is 12.0. The summed E-state index contributed by atoms with van der Waals surface area (Å²) in [6, 6.07) is 13.4. The molecule has 0 aliphatic heterocycles. The zero-order valence-electron chi connectivity index (χ0n) is 28.3. The van der Waals surface area contributed by atoms with E-state index in [9.17, 15) is 26.4 Å². The van der Waals surface area contributed by atoms with Gasteiger partial charge in [-0.15, -0.1) is 0 Å². The molecule has 0 radical (unpaired) electrons. The van der Waals surface area contributed by atoms with Gasteiger partial charge in [0.05, 0.1) is 0 Å². The highest BCUT2D eigenvalue weighted by molar-refractivity contribution is 7.91. The SMILES string of the molecule is CNS(=O)(=O)Nc1cccc(Cc2c(C)c3cc(F)c(Oc4cc5oc(=O)c(Cc6cccc(NS(=O)(=O)NC)n6)c(C)c5cc4F)cc3oc2=O)n1. The minimum absolute atomic E-state index is 0.0150. The number of pyridine rings is 2. The van der Waals surface area contributed by atoms with E-state index < -0.39 is 54.8 Å². The van der Waals surface area contributed by atoms with Crippen molar-refractivity contribution in [3.63, 3.8) is 0 Å². The van der Waals surface area contributed by atoms with Gasteiger partial charge in [-0.05, 0) is 61.4 Å². The molecule has 0 bridgehead atoms. The van der Waals surface area contributed by atoms with Crippen LogP contribution in [0.15, 0.2) is 79.1 Å². The van der Waals surface area contributed by atoms with Gasteiger partial charge >= 0.3 is 11.3 Å². The van der Waals surface area contributed by atoms with Crippen LogP contribution in [0.25, 0.3) is 21.9 Å². The van der Waals surface area contributed by atoms with Crippen LogP contribution in [-0.4, -0.2) is 40.9 Å². The summed E-state index contributed by atoms with van der Waals surface area (Å²) in [4.78, 5) is 34.6. The molecule has 15 nitrogen and oxygen atoms in total. The molecule has 0 unspecified atom stereocenters. The van der Waals surface area contributed by atoms with Crippen molar-refractivity contribution < 1.29 is 39.2 Å². The summed E-state index contributed by atoms with van der Waals surface area (Å²) in [7, 11) is -5.21. The second-order valence-electron chi connectivity index (χ2n) is 11.6. The van der Waals surface area contributed by atoms with E-state index >= 15 is 8.78 Å². The average Bonchev–Trinajstić information content (AvgIpc) is 3.10. The molecule has 0 aliphatic rings. The number of hydrogen-bond donors (Lipinski definition) is 4. The third-order valence-electron chi connectivity index (χ3n) is 8.24. The monoisotopic (exact) mass is 768 g/mol. The van der Waals surface area contributed by atoms with Gasteiger partial charge in [-0.1, -0.05) is 12.1 Å². The maximum Gasteiger partial charge on any atom is 0.340 e. The molecule has 0 fully saturated rings. The highest BCUT2D eigenvalue weighted by Crippen LogP contribution is 2.35. The van der Waals surface area contributed by atoms with Crippen molar-refractivity contribution in [3.05, 3.63) is 127 Å². The van der Waals surface area contributed by atoms with Gasteiger partial charge in [0.15, 0.2) is 23.1 Å². The molecule has 276 valence electrons. The topological polar surface area (TPSA) is 212 Å². The number of rotatable bonds is 12. The van der Waals surface area contributed by atoms with Gasteiger partial charge in [-0.2, -0.15) is 16.8 Å². The molecule has 6 aromatic rings. The van der Waals surface area contributed by atoms with E-state index in [-0.39, 0.29) is 57.5 Å². The summed E-state index contributed by atoms with van der Waals surface area (Å²) in [5.74, 6) is -2.76. The van der Waals surface area contributed by atoms with Crippen molar-refractivity contribution in [2.75, 3.05) is 23.5 Å². The standard InChI is InChI=1S/C34H30F2N6O9S2/c1-17-21-13-25(35)29(15-27(21)50-33(43)23(17)11-19-7-5-9-31(39-19)41-52(45,46)37-3)49-30-16-28-22(14-26(30)36)18(2)24(34(44)51-28)12-20-8-6-10-32(40-20)42-53(47,48)38-4/h5-10,13-16,37-38H,11-12H2,1-4H3,(H,39,41)(H,40,42). The van der Waals surface area contributed by atoms with Crippen LogP contribution in [-0.2, 0) is 33.3 Å². The summed E-state index contributed by atoms with van der Waals surface area (Å²) < 4.78 is 104. The van der Waals surface area contributed by atoms with Crippen LogP contribution >= 0.6 is 0 Å². The van der Waals surface area contributed by atoms with Gasteiger partial charge in [0.2, 0.25) is 0 Å². The lowest BCUT2D eigenvalue weighted by atomic mass is 10.0. The number of anilines is 2. The molecule has 6 rings (SSSR count). The van der Waals surface area contributed by atoms with Crippen molar-refractivity contribution in [3.8, 4) is 11.5 Å². The molecule has 0 atom stereocenters. The lowest BCUT2D eigenvalue weighted by Gasteiger charge is -2.13. The fourth-order valence-corrected chi connectivity index (χ4v) is 6.45. The van der Waals surface area contributed by atoms with Crippen LogP contribution in [0.4, 0.5) is 20.4 Å². The van der Waals surface area contributed by atoms with Crippen LogP contribution in [0.3, 0.4) is 0 Å². The van der Waals surface area contributed by atoms with E-state index in [4.69, 9.17) is 13.6 Å². The number of nitrogens with one attached hydrogen (secondary N) is 4. The maximum atomic E-state index is 15.5. The molecular weight excluding hydrogens is 739 g/mol. The molecule has 0 aliphatic carbocycles. The number of ether oxygens (including phenoxy) is 1. The first kappa shape index (κ1) is 37.0. The third-order valence-corrected chi connectivity index (χ3v) is 10.3. The lowest BCUT2D eigenvalue weighted by molar-refractivity contribution is 0.413. The second-order valence-corrected chi connectivity index (χ2v) is 14.9. The Morgan fingerprint density at radius 1 is 0.660 bits per heavy atom. The van der Waals surface area contributed by atoms with E-state index in [0.29, 0.717) is 22.5 Å². The van der Waals surface area contributed by atoms with E-state index in [1.165, 1.54) is 26.2 Å². The van der Waals surface area contributed by atoms with Crippen LogP contribution < -0.4 is 34.9 Å². The molecule has 4 N–H and O–H groups in total. The first-order valence-corrected chi connectivity index (χ1v) is 18.6. The first-order chi connectivity index (χ1) is 25.1. The highest BCUT2D eigenvalue weighted by atomic mass is 32.2. The van der Waals surface area contributed by atoms with Crippen LogP contribution in [0.1, 0.15) is 33.6 Å². The largest absolute Gasteiger partial charge is 0.451 e. The van der Waals surface area contributed by atoms with E-state index in [2.05, 4.69) is 28.9 Å². The van der Waals surface area contributed by atoms with Crippen molar-refractivity contribution >= 4 is 54.0 Å². The number of halogens is 2. The smallest absolute Gasteiger partial charge is 0.340 e. The summed E-state index contributed by atoms with van der Waals surface area (Å²) in [5, 5.41) is 0.452. The Morgan fingerprint density at radius 3 is 1.43 bits per heavy atom. The molecule has 53 heavy (non-hydrogen) atoms. The van der Waals surface area contributed by atoms with E-state index in [1.807, 2.05) is 0 Å². The van der Waals surface area contributed by atoms with Gasteiger partial charge in [-0.3, -0.25) is 9.44 Å². The van der Waals surface area contributed by atoms with Crippen LogP contribution in [0.5, 0.6) is 11.5 Å². The molecule has 2 aromatic carbocycles. The van der Waals surface area contributed by atoms with Crippen molar-refractivity contribution in [1.29, 1.82) is 0 Å². The molecule has 0 saturated carbocycles. The molecule has 4 heterocycles. The quantitative estimate of drug-likeness (QED) is 0.129. The second kappa shape index (κ2) is 14.3. The Hall–Kier alpha value is -5.76. The number of nitrogens with zero attached hydrogens (tertiary/aromatic N) is 2. The Kier molecular flexibility index (Phi) is 10.0. The number of benzene rings is 2. The van der Waals surface area contributed by atoms with Gasteiger partial charge in [0.1, 0.15) is 22.8 Å². The fourth-order valence-electron chi connectivity index (χ4n) is 5.47. The summed E-state index contributed by atoms with van der Waals surface area (Å²) >= 11 is 0. The Morgan fingerprint density at radius 2 is 1.06 bits per heavy atom. The summed E-state index contributed by atoms with van der Waals surface area (Å²) in [6.45, 7) is 3.17. The summed E-state index contributed by atoms with van der Waals surface area (Å²) in [5.41, 5.74) is 0.0750. The van der Waals surface area contributed by atoms with E-state index in [1.54, 1.807) is 38.1 Å². The van der Waals surface area contributed by atoms with Gasteiger partial charge in [0, 0.05) is 72.4 Å². The Labute approximate surface area is 300 Å². The van der Waals surface area contributed by atoms with Gasteiger partial charge < -0.3 is 13.6 Å². The summed E-state index contributed by atoms with van der Waals surface area (Å²) in [6.07, 6.45) is -0.121.